The summed E-state index contributed by atoms with van der Waals surface area (Å²) in [6, 6.07) is 11.1. The van der Waals surface area contributed by atoms with E-state index in [1.165, 1.54) is 0 Å². The molecule has 7 nitrogen and oxygen atoms in total. The standard InChI is InChI=1S/C17H22N2O5/c1-21-10-14(11-22-2)18-17(20)16-8-15(24-19-16)12-23-9-13-6-4-3-5-7-13/h3-8,14H,9-12H2,1-2H3,(H,18,20). The van der Waals surface area contributed by atoms with Crippen molar-refractivity contribution < 1.29 is 23.5 Å². The van der Waals surface area contributed by atoms with Gasteiger partial charge in [-0.1, -0.05) is 35.5 Å². The highest BCUT2D eigenvalue weighted by Crippen LogP contribution is 2.08. The summed E-state index contributed by atoms with van der Waals surface area (Å²) < 4.78 is 20.7. The number of aromatic nitrogens is 1. The molecule has 24 heavy (non-hydrogen) atoms. The van der Waals surface area contributed by atoms with Gasteiger partial charge in [0, 0.05) is 20.3 Å². The molecule has 0 aliphatic rings. The zero-order chi connectivity index (χ0) is 17.2. The van der Waals surface area contributed by atoms with Crippen molar-refractivity contribution in [1.29, 1.82) is 0 Å². The lowest BCUT2D eigenvalue weighted by Crippen LogP contribution is -2.41. The predicted molar refractivity (Wildman–Crippen MR) is 86.4 cm³/mol. The average Bonchev–Trinajstić information content (AvgIpc) is 3.05. The number of ether oxygens (including phenoxy) is 3. The summed E-state index contributed by atoms with van der Waals surface area (Å²) in [5.74, 6) is 0.151. The fraction of sp³-hybridized carbons (Fsp3) is 0.412. The number of nitrogens with zero attached hydrogens (tertiary/aromatic N) is 1. The van der Waals surface area contributed by atoms with Gasteiger partial charge in [-0.2, -0.15) is 0 Å². The van der Waals surface area contributed by atoms with Crippen LogP contribution in [0.5, 0.6) is 0 Å². The zero-order valence-corrected chi connectivity index (χ0v) is 13.9. The minimum Gasteiger partial charge on any atom is -0.382 e. The lowest BCUT2D eigenvalue weighted by atomic mass is 10.2. The maximum atomic E-state index is 12.1. The highest BCUT2D eigenvalue weighted by molar-refractivity contribution is 5.92. The van der Waals surface area contributed by atoms with Gasteiger partial charge in [0.05, 0.1) is 25.9 Å². The molecular weight excluding hydrogens is 312 g/mol. The zero-order valence-electron chi connectivity index (χ0n) is 13.9. The summed E-state index contributed by atoms with van der Waals surface area (Å²) in [5, 5.41) is 6.54. The fourth-order valence-corrected chi connectivity index (χ4v) is 2.12. The van der Waals surface area contributed by atoms with E-state index in [4.69, 9.17) is 18.7 Å². The van der Waals surface area contributed by atoms with Gasteiger partial charge in [0.1, 0.15) is 6.61 Å². The number of hydrogen-bond acceptors (Lipinski definition) is 6. The van der Waals surface area contributed by atoms with Gasteiger partial charge >= 0.3 is 0 Å². The number of carbonyl (C=O) groups is 1. The minimum absolute atomic E-state index is 0.200. The maximum absolute atomic E-state index is 12.1. The van der Waals surface area contributed by atoms with Gasteiger partial charge in [-0.15, -0.1) is 0 Å². The minimum atomic E-state index is -0.341. The molecule has 130 valence electrons. The first-order valence-electron chi connectivity index (χ1n) is 7.59. The Hall–Kier alpha value is -2.22. The predicted octanol–water partition coefficient (Wildman–Crippen LogP) is 1.78. The SMILES string of the molecule is COCC(COC)NC(=O)c1cc(COCc2ccccc2)on1. The number of rotatable bonds is 10. The van der Waals surface area contributed by atoms with Crippen LogP contribution in [0, 0.1) is 0 Å². The number of amides is 1. The van der Waals surface area contributed by atoms with Gasteiger partial charge in [0.25, 0.3) is 5.91 Å². The normalized spacial score (nSPS) is 11.0. The van der Waals surface area contributed by atoms with E-state index in [-0.39, 0.29) is 24.2 Å². The second-order valence-electron chi connectivity index (χ2n) is 5.24. The molecule has 1 N–H and O–H groups in total. The van der Waals surface area contributed by atoms with Crippen molar-refractivity contribution in [3.05, 3.63) is 53.4 Å². The third kappa shape index (κ3) is 5.77. The molecule has 0 unspecified atom stereocenters. The van der Waals surface area contributed by atoms with Crippen molar-refractivity contribution in [2.45, 2.75) is 19.3 Å². The molecule has 2 rings (SSSR count). The van der Waals surface area contributed by atoms with Gasteiger partial charge in [-0.3, -0.25) is 4.79 Å². The molecule has 1 aromatic carbocycles. The van der Waals surface area contributed by atoms with Crippen LogP contribution >= 0.6 is 0 Å². The average molecular weight is 334 g/mol. The molecule has 1 heterocycles. The van der Waals surface area contributed by atoms with E-state index in [0.29, 0.717) is 25.6 Å². The third-order valence-corrected chi connectivity index (χ3v) is 3.22. The summed E-state index contributed by atoms with van der Waals surface area (Å²) in [7, 11) is 3.13. The molecule has 0 spiro atoms. The Morgan fingerprint density at radius 3 is 2.54 bits per heavy atom. The van der Waals surface area contributed by atoms with Gasteiger partial charge in [0.15, 0.2) is 11.5 Å². The van der Waals surface area contributed by atoms with Crippen LogP contribution in [0.25, 0.3) is 0 Å². The van der Waals surface area contributed by atoms with Crippen LogP contribution in [0.15, 0.2) is 40.9 Å². The third-order valence-electron chi connectivity index (χ3n) is 3.22. The van der Waals surface area contributed by atoms with E-state index in [2.05, 4.69) is 10.5 Å². The molecular formula is C17H22N2O5. The number of methoxy groups -OCH3 is 2. The van der Waals surface area contributed by atoms with Crippen molar-refractivity contribution in [3.8, 4) is 0 Å². The molecule has 2 aromatic rings. The summed E-state index contributed by atoms with van der Waals surface area (Å²) in [5.41, 5.74) is 1.27. The lowest BCUT2D eigenvalue weighted by Gasteiger charge is -2.15. The molecule has 0 aliphatic carbocycles. The van der Waals surface area contributed by atoms with Crippen molar-refractivity contribution in [2.75, 3.05) is 27.4 Å². The Bertz CT molecular complexity index is 608. The number of hydrogen-bond donors (Lipinski definition) is 1. The summed E-state index contributed by atoms with van der Waals surface area (Å²) in [4.78, 5) is 12.1. The molecule has 0 aliphatic heterocycles. The Kier molecular flexibility index (Phi) is 7.41. The molecule has 0 fully saturated rings. The van der Waals surface area contributed by atoms with Gasteiger partial charge in [-0.05, 0) is 5.56 Å². The van der Waals surface area contributed by atoms with Gasteiger partial charge in [0.2, 0.25) is 0 Å². The first kappa shape index (κ1) is 18.1. The largest absolute Gasteiger partial charge is 0.382 e. The molecule has 0 bridgehead atoms. The van der Waals surface area contributed by atoms with Crippen LogP contribution in [0.1, 0.15) is 21.8 Å². The number of benzene rings is 1. The first-order valence-corrected chi connectivity index (χ1v) is 7.59. The van der Waals surface area contributed by atoms with Crippen LogP contribution in [0.4, 0.5) is 0 Å². The smallest absolute Gasteiger partial charge is 0.273 e. The van der Waals surface area contributed by atoms with E-state index in [0.717, 1.165) is 5.56 Å². The highest BCUT2D eigenvalue weighted by atomic mass is 16.5. The molecule has 0 radical (unpaired) electrons. The topological polar surface area (TPSA) is 82.8 Å². The fourth-order valence-electron chi connectivity index (χ4n) is 2.12. The van der Waals surface area contributed by atoms with E-state index in [9.17, 15) is 4.79 Å². The molecule has 0 saturated carbocycles. The Labute approximate surface area is 140 Å². The highest BCUT2D eigenvalue weighted by Gasteiger charge is 2.17. The molecule has 7 heteroatoms. The second-order valence-corrected chi connectivity index (χ2v) is 5.24. The summed E-state index contributed by atoms with van der Waals surface area (Å²) in [6.45, 7) is 1.41. The van der Waals surface area contributed by atoms with Crippen molar-refractivity contribution >= 4 is 5.91 Å². The quantitative estimate of drug-likeness (QED) is 0.713. The Morgan fingerprint density at radius 1 is 1.17 bits per heavy atom. The van der Waals surface area contributed by atoms with Gasteiger partial charge in [-0.25, -0.2) is 0 Å². The van der Waals surface area contributed by atoms with Crippen molar-refractivity contribution in [1.82, 2.24) is 10.5 Å². The molecule has 0 saturated heterocycles. The lowest BCUT2D eigenvalue weighted by molar-refractivity contribution is 0.0769. The van der Waals surface area contributed by atoms with Crippen molar-refractivity contribution in [3.63, 3.8) is 0 Å². The van der Waals surface area contributed by atoms with Crippen molar-refractivity contribution in [2.24, 2.45) is 0 Å². The van der Waals surface area contributed by atoms with E-state index in [1.807, 2.05) is 30.3 Å². The van der Waals surface area contributed by atoms with Gasteiger partial charge < -0.3 is 24.1 Å². The summed E-state index contributed by atoms with van der Waals surface area (Å²) in [6.07, 6.45) is 0. The Morgan fingerprint density at radius 2 is 1.88 bits per heavy atom. The van der Waals surface area contributed by atoms with Crippen LogP contribution in [-0.2, 0) is 27.4 Å². The van der Waals surface area contributed by atoms with E-state index >= 15 is 0 Å². The first-order chi connectivity index (χ1) is 11.7. The molecule has 1 amide bonds. The van der Waals surface area contributed by atoms with Crippen LogP contribution < -0.4 is 5.32 Å². The second kappa shape index (κ2) is 9.82. The Balaban J connectivity index is 1.82. The number of carbonyl (C=O) groups excluding carboxylic acids is 1. The van der Waals surface area contributed by atoms with Crippen LogP contribution in [0.3, 0.4) is 0 Å². The monoisotopic (exact) mass is 334 g/mol. The summed E-state index contributed by atoms with van der Waals surface area (Å²) >= 11 is 0. The van der Waals surface area contributed by atoms with E-state index < -0.39 is 0 Å². The molecule has 0 atom stereocenters. The number of nitrogens with one attached hydrogen (secondary N) is 1. The molecule has 1 aromatic heterocycles. The van der Waals surface area contributed by atoms with Crippen LogP contribution in [0.2, 0.25) is 0 Å². The van der Waals surface area contributed by atoms with Crippen LogP contribution in [-0.4, -0.2) is 44.5 Å². The van der Waals surface area contributed by atoms with E-state index in [1.54, 1.807) is 20.3 Å². The maximum Gasteiger partial charge on any atom is 0.273 e.